The molecule has 1 unspecified atom stereocenters. The van der Waals surface area contributed by atoms with E-state index in [1.165, 1.54) is 12.1 Å². The molecular weight excluding hydrogens is 423 g/mol. The highest BCUT2D eigenvalue weighted by Crippen LogP contribution is 2.62. The average molecular weight is 451 g/mol. The van der Waals surface area contributed by atoms with E-state index < -0.39 is 0 Å². The zero-order valence-corrected chi connectivity index (χ0v) is 18.5. The van der Waals surface area contributed by atoms with Crippen LogP contribution >= 0.6 is 0 Å². The average Bonchev–Trinajstić information content (AvgIpc) is 3.09. The molecule has 2 aliphatic carbocycles. The molecule has 33 heavy (non-hydrogen) atoms. The number of hydrogen-bond donors (Lipinski definition) is 1. The summed E-state index contributed by atoms with van der Waals surface area (Å²) in [6.07, 6.45) is 8.06. The molecule has 1 aliphatic heterocycles. The Morgan fingerprint density at radius 3 is 2.85 bits per heavy atom. The lowest BCUT2D eigenvalue weighted by atomic mass is 9.93. The molecule has 3 fully saturated rings. The first kappa shape index (κ1) is 20.6. The van der Waals surface area contributed by atoms with E-state index >= 15 is 0 Å². The van der Waals surface area contributed by atoms with Crippen LogP contribution in [0.15, 0.2) is 42.9 Å². The summed E-state index contributed by atoms with van der Waals surface area (Å²) < 4.78 is 27.1. The minimum absolute atomic E-state index is 0.00723. The Balaban J connectivity index is 1.07. The number of halogens is 1. The van der Waals surface area contributed by atoms with Gasteiger partial charge in [-0.2, -0.15) is 5.10 Å². The number of aromatic nitrogens is 3. The number of nitrogens with one attached hydrogen (secondary N) is 1. The van der Waals surface area contributed by atoms with Gasteiger partial charge in [-0.1, -0.05) is 6.92 Å². The summed E-state index contributed by atoms with van der Waals surface area (Å²) in [6.45, 7) is 3.43. The van der Waals surface area contributed by atoms with Crippen LogP contribution in [0, 0.1) is 29.5 Å². The van der Waals surface area contributed by atoms with Crippen molar-refractivity contribution >= 4 is 22.5 Å². The van der Waals surface area contributed by atoms with Gasteiger partial charge in [-0.15, -0.1) is 0 Å². The Labute approximate surface area is 191 Å². The van der Waals surface area contributed by atoms with Gasteiger partial charge in [-0.3, -0.25) is 14.5 Å². The first-order valence-electron chi connectivity index (χ1n) is 11.7. The highest BCUT2D eigenvalue weighted by atomic mass is 19.1. The quantitative estimate of drug-likeness (QED) is 0.583. The molecule has 0 bridgehead atoms. The molecule has 3 aliphatic rings. The van der Waals surface area contributed by atoms with Crippen LogP contribution in [-0.4, -0.2) is 40.0 Å². The van der Waals surface area contributed by atoms with Crippen LogP contribution in [0.3, 0.4) is 0 Å². The number of nitrogens with zero attached hydrogens (tertiary/aromatic N) is 3. The number of fused-ring (bicyclic) bond motifs is 2. The summed E-state index contributed by atoms with van der Waals surface area (Å²) >= 11 is 0. The maximum Gasteiger partial charge on any atom is 0.227 e. The first-order valence-corrected chi connectivity index (χ1v) is 11.7. The van der Waals surface area contributed by atoms with Crippen LogP contribution in [0.4, 0.5) is 10.1 Å². The maximum absolute atomic E-state index is 13.7. The van der Waals surface area contributed by atoms with Crippen LogP contribution in [0.5, 0.6) is 5.75 Å². The minimum atomic E-state index is -0.293. The third-order valence-electron chi connectivity index (χ3n) is 7.53. The lowest BCUT2D eigenvalue weighted by Crippen LogP contribution is -2.31. The molecule has 5 atom stereocenters. The molecular formula is C25H27FN4O3. The van der Waals surface area contributed by atoms with Gasteiger partial charge in [0.1, 0.15) is 11.6 Å². The van der Waals surface area contributed by atoms with Crippen LogP contribution in [0.2, 0.25) is 0 Å². The van der Waals surface area contributed by atoms with Gasteiger partial charge in [-0.05, 0) is 61.3 Å². The monoisotopic (exact) mass is 450 g/mol. The second kappa shape index (κ2) is 8.09. The van der Waals surface area contributed by atoms with Crippen molar-refractivity contribution in [3.8, 4) is 5.75 Å². The molecule has 8 heteroatoms. The van der Waals surface area contributed by atoms with E-state index in [9.17, 15) is 9.18 Å². The van der Waals surface area contributed by atoms with Crippen molar-refractivity contribution in [2.75, 3.05) is 18.5 Å². The summed E-state index contributed by atoms with van der Waals surface area (Å²) in [6, 6.07) is 6.64. The van der Waals surface area contributed by atoms with Gasteiger partial charge in [0.05, 0.1) is 42.8 Å². The Morgan fingerprint density at radius 1 is 1.30 bits per heavy atom. The number of hydrogen-bond acceptors (Lipinski definition) is 5. The molecule has 0 spiro atoms. The van der Waals surface area contributed by atoms with E-state index in [-0.39, 0.29) is 29.8 Å². The molecule has 2 saturated carbocycles. The molecule has 3 heterocycles. The topological polar surface area (TPSA) is 78.3 Å². The SMILES string of the molecule is CCC(C(=O)Nc1cnn(C2COC2)c1)[C@@H]1[C@@H]2C[C@@H](Oc3ccnc4ccc(F)cc34)C[C@@H]21. The van der Waals surface area contributed by atoms with E-state index in [4.69, 9.17) is 9.47 Å². The molecule has 1 saturated heterocycles. The fourth-order valence-corrected chi connectivity index (χ4v) is 5.76. The molecule has 0 radical (unpaired) electrons. The highest BCUT2D eigenvalue weighted by molar-refractivity contribution is 5.92. The predicted molar refractivity (Wildman–Crippen MR) is 120 cm³/mol. The van der Waals surface area contributed by atoms with Crippen molar-refractivity contribution in [2.24, 2.45) is 23.7 Å². The number of amides is 1. The summed E-state index contributed by atoms with van der Waals surface area (Å²) in [5.41, 5.74) is 1.47. The summed E-state index contributed by atoms with van der Waals surface area (Å²) in [5.74, 6) is 1.87. The Hall–Kier alpha value is -3.00. The van der Waals surface area contributed by atoms with E-state index in [0.29, 0.717) is 42.1 Å². The number of anilines is 1. The van der Waals surface area contributed by atoms with E-state index in [1.54, 1.807) is 24.5 Å². The number of pyridine rings is 1. The van der Waals surface area contributed by atoms with Crippen molar-refractivity contribution in [2.45, 2.75) is 38.3 Å². The summed E-state index contributed by atoms with van der Waals surface area (Å²) in [4.78, 5) is 17.3. The number of carbonyl (C=O) groups excluding carboxylic acids is 1. The van der Waals surface area contributed by atoms with Crippen molar-refractivity contribution in [1.82, 2.24) is 14.8 Å². The zero-order valence-electron chi connectivity index (χ0n) is 18.5. The second-order valence-corrected chi connectivity index (χ2v) is 9.49. The molecule has 6 rings (SSSR count). The standard InChI is InChI=1S/C25H27FN4O3/c1-2-18(25(31)29-15-10-28-30(11-15)16-12-32-13-16)24-19-8-17(9-20(19)24)33-23-5-6-27-22-4-3-14(26)7-21(22)23/h3-7,10-11,16-20,24H,2,8-9,12-13H2,1H3,(H,29,31)/t17-,18?,19-,20+,24-. The Bertz CT molecular complexity index is 1180. The summed E-state index contributed by atoms with van der Waals surface area (Å²) in [7, 11) is 0. The number of ether oxygens (including phenoxy) is 2. The van der Waals surface area contributed by atoms with E-state index in [2.05, 4.69) is 22.3 Å². The highest BCUT2D eigenvalue weighted by Gasteiger charge is 2.60. The molecule has 1 aromatic carbocycles. The molecule has 1 N–H and O–H groups in total. The fourth-order valence-electron chi connectivity index (χ4n) is 5.76. The lowest BCUT2D eigenvalue weighted by molar-refractivity contribution is -0.121. The Kier molecular flexibility index (Phi) is 5.05. The number of rotatable bonds is 7. The van der Waals surface area contributed by atoms with Crippen LogP contribution in [-0.2, 0) is 9.53 Å². The van der Waals surface area contributed by atoms with Crippen molar-refractivity contribution in [3.63, 3.8) is 0 Å². The third kappa shape index (κ3) is 3.76. The van der Waals surface area contributed by atoms with Crippen molar-refractivity contribution in [3.05, 3.63) is 48.7 Å². The van der Waals surface area contributed by atoms with Crippen LogP contribution in [0.1, 0.15) is 32.2 Å². The van der Waals surface area contributed by atoms with E-state index in [0.717, 1.165) is 30.5 Å². The van der Waals surface area contributed by atoms with Crippen LogP contribution in [0.25, 0.3) is 10.9 Å². The van der Waals surface area contributed by atoms with Gasteiger partial charge in [-0.25, -0.2) is 4.39 Å². The Morgan fingerprint density at radius 2 is 2.12 bits per heavy atom. The number of carbonyl (C=O) groups is 1. The van der Waals surface area contributed by atoms with E-state index in [1.807, 2.05) is 10.9 Å². The van der Waals surface area contributed by atoms with Gasteiger partial charge in [0, 0.05) is 23.7 Å². The normalized spacial score (nSPS) is 27.1. The molecule has 3 aromatic rings. The van der Waals surface area contributed by atoms with Crippen molar-refractivity contribution in [1.29, 1.82) is 0 Å². The first-order chi connectivity index (χ1) is 16.1. The largest absolute Gasteiger partial charge is 0.490 e. The minimum Gasteiger partial charge on any atom is -0.490 e. The predicted octanol–water partition coefficient (Wildman–Crippen LogP) is 4.21. The van der Waals surface area contributed by atoms with Gasteiger partial charge in [0.2, 0.25) is 5.91 Å². The van der Waals surface area contributed by atoms with Crippen molar-refractivity contribution < 1.29 is 18.7 Å². The third-order valence-corrected chi connectivity index (χ3v) is 7.53. The second-order valence-electron chi connectivity index (χ2n) is 9.49. The molecule has 1 amide bonds. The fraction of sp³-hybridized carbons (Fsp3) is 0.480. The molecule has 2 aromatic heterocycles. The van der Waals surface area contributed by atoms with Gasteiger partial charge >= 0.3 is 0 Å². The lowest BCUT2D eigenvalue weighted by Gasteiger charge is -2.25. The zero-order chi connectivity index (χ0) is 22.5. The van der Waals surface area contributed by atoms with Crippen LogP contribution < -0.4 is 10.1 Å². The van der Waals surface area contributed by atoms with Gasteiger partial charge in [0.15, 0.2) is 0 Å². The molecule has 7 nitrogen and oxygen atoms in total. The smallest absolute Gasteiger partial charge is 0.227 e. The summed E-state index contributed by atoms with van der Waals surface area (Å²) in [5, 5.41) is 8.12. The molecule has 172 valence electrons. The maximum atomic E-state index is 13.7. The van der Waals surface area contributed by atoms with Gasteiger partial charge < -0.3 is 14.8 Å². The number of benzene rings is 1. The van der Waals surface area contributed by atoms with Gasteiger partial charge in [0.25, 0.3) is 0 Å².